The highest BCUT2D eigenvalue weighted by atomic mass is 19.1. The highest BCUT2D eigenvalue weighted by Crippen LogP contribution is 2.22. The first-order chi connectivity index (χ1) is 9.10. The molecule has 19 heavy (non-hydrogen) atoms. The van der Waals surface area contributed by atoms with E-state index in [1.54, 1.807) is 6.07 Å². The zero-order valence-electron chi connectivity index (χ0n) is 10.8. The number of anilines is 2. The molecule has 5 nitrogen and oxygen atoms in total. The molecule has 0 saturated carbocycles. The molecule has 0 amide bonds. The van der Waals surface area contributed by atoms with Gasteiger partial charge in [-0.25, -0.2) is 4.39 Å². The molecule has 0 unspecified atom stereocenters. The Hall–Kier alpha value is -1.66. The van der Waals surface area contributed by atoms with Crippen molar-refractivity contribution < 1.29 is 9.18 Å². The highest BCUT2D eigenvalue weighted by Gasteiger charge is 2.17. The monoisotopic (exact) mass is 266 g/mol. The van der Waals surface area contributed by atoms with Crippen LogP contribution in [0.1, 0.15) is 5.56 Å². The van der Waals surface area contributed by atoms with E-state index < -0.39 is 5.82 Å². The van der Waals surface area contributed by atoms with Gasteiger partial charge in [0.1, 0.15) is 12.1 Å². The lowest BCUT2D eigenvalue weighted by atomic mass is 10.1. The standard InChI is InChI=1S/C13H19FN4O/c14-11-7-10(8-12(15)13(11)16)9-18-3-1-17(2-4-18)5-6-19/h6-8H,1-5,9,15-16H2. The van der Waals surface area contributed by atoms with Crippen molar-refractivity contribution in [1.29, 1.82) is 0 Å². The topological polar surface area (TPSA) is 75.6 Å². The summed E-state index contributed by atoms with van der Waals surface area (Å²) in [6, 6.07) is 3.15. The van der Waals surface area contributed by atoms with E-state index in [0.717, 1.165) is 38.0 Å². The average Bonchev–Trinajstić information content (AvgIpc) is 2.38. The van der Waals surface area contributed by atoms with Crippen molar-refractivity contribution in [3.05, 3.63) is 23.5 Å². The Labute approximate surface area is 112 Å². The molecule has 0 atom stereocenters. The van der Waals surface area contributed by atoms with Crippen LogP contribution < -0.4 is 11.5 Å². The van der Waals surface area contributed by atoms with Crippen molar-refractivity contribution in [2.24, 2.45) is 0 Å². The fourth-order valence-corrected chi connectivity index (χ4v) is 2.28. The number of benzene rings is 1. The van der Waals surface area contributed by atoms with Gasteiger partial charge in [0.15, 0.2) is 0 Å². The molecule has 4 N–H and O–H groups in total. The molecule has 1 aromatic carbocycles. The number of nitrogens with zero attached hydrogens (tertiary/aromatic N) is 2. The van der Waals surface area contributed by atoms with Gasteiger partial charge in [-0.1, -0.05) is 0 Å². The molecule has 0 aromatic heterocycles. The molecule has 0 bridgehead atoms. The molecular weight excluding hydrogens is 247 g/mol. The van der Waals surface area contributed by atoms with Gasteiger partial charge in [-0.05, 0) is 17.7 Å². The van der Waals surface area contributed by atoms with Gasteiger partial charge in [0, 0.05) is 32.7 Å². The highest BCUT2D eigenvalue weighted by molar-refractivity contribution is 5.64. The molecule has 1 fully saturated rings. The third kappa shape index (κ3) is 3.42. The summed E-state index contributed by atoms with van der Waals surface area (Å²) in [5.41, 5.74) is 12.3. The fourth-order valence-electron chi connectivity index (χ4n) is 2.28. The van der Waals surface area contributed by atoms with Crippen LogP contribution in [-0.4, -0.2) is 48.8 Å². The Kier molecular flexibility index (Phi) is 4.34. The van der Waals surface area contributed by atoms with Crippen LogP contribution in [0.2, 0.25) is 0 Å². The number of nitrogen functional groups attached to an aromatic ring is 2. The molecule has 2 rings (SSSR count). The van der Waals surface area contributed by atoms with E-state index in [2.05, 4.69) is 9.80 Å². The van der Waals surface area contributed by atoms with Gasteiger partial charge in [-0.2, -0.15) is 0 Å². The molecule has 1 aromatic rings. The van der Waals surface area contributed by atoms with Crippen molar-refractivity contribution in [3.8, 4) is 0 Å². The largest absolute Gasteiger partial charge is 0.397 e. The number of rotatable bonds is 4. The summed E-state index contributed by atoms with van der Waals surface area (Å²) in [7, 11) is 0. The van der Waals surface area contributed by atoms with Crippen LogP contribution >= 0.6 is 0 Å². The SMILES string of the molecule is Nc1cc(CN2CCN(CC=O)CC2)cc(F)c1N. The lowest BCUT2D eigenvalue weighted by Crippen LogP contribution is -2.46. The van der Waals surface area contributed by atoms with Crippen molar-refractivity contribution >= 4 is 17.7 Å². The maximum absolute atomic E-state index is 13.5. The predicted molar refractivity (Wildman–Crippen MR) is 73.0 cm³/mol. The molecule has 1 aliphatic rings. The van der Waals surface area contributed by atoms with Crippen molar-refractivity contribution in [2.45, 2.75) is 6.54 Å². The van der Waals surface area contributed by atoms with Crippen LogP contribution in [0.3, 0.4) is 0 Å². The predicted octanol–water partition coefficient (Wildman–Crippen LogP) is 0.307. The number of halogens is 1. The zero-order chi connectivity index (χ0) is 13.8. The van der Waals surface area contributed by atoms with E-state index in [0.29, 0.717) is 13.1 Å². The normalized spacial score (nSPS) is 17.5. The minimum absolute atomic E-state index is 0.0135. The first-order valence-electron chi connectivity index (χ1n) is 6.32. The maximum atomic E-state index is 13.5. The second-order valence-electron chi connectivity index (χ2n) is 4.82. The number of hydrogen-bond acceptors (Lipinski definition) is 5. The van der Waals surface area contributed by atoms with E-state index in [9.17, 15) is 9.18 Å². The summed E-state index contributed by atoms with van der Waals surface area (Å²) < 4.78 is 13.5. The van der Waals surface area contributed by atoms with Crippen LogP contribution in [0.15, 0.2) is 12.1 Å². The van der Waals surface area contributed by atoms with E-state index in [1.807, 2.05) is 0 Å². The van der Waals surface area contributed by atoms with Crippen LogP contribution in [0.5, 0.6) is 0 Å². The van der Waals surface area contributed by atoms with Crippen LogP contribution in [0, 0.1) is 5.82 Å². The zero-order valence-corrected chi connectivity index (χ0v) is 10.8. The molecule has 0 spiro atoms. The second kappa shape index (κ2) is 5.99. The van der Waals surface area contributed by atoms with Crippen LogP contribution in [0.4, 0.5) is 15.8 Å². The smallest absolute Gasteiger partial charge is 0.148 e. The van der Waals surface area contributed by atoms with Gasteiger partial charge < -0.3 is 16.3 Å². The van der Waals surface area contributed by atoms with Gasteiger partial charge in [0.05, 0.1) is 17.9 Å². The van der Waals surface area contributed by atoms with Crippen LogP contribution in [0.25, 0.3) is 0 Å². The molecule has 1 heterocycles. The summed E-state index contributed by atoms with van der Waals surface area (Å²) in [4.78, 5) is 14.7. The van der Waals surface area contributed by atoms with Crippen molar-refractivity contribution in [3.63, 3.8) is 0 Å². The molecule has 1 saturated heterocycles. The molecular formula is C13H19FN4O. The Morgan fingerprint density at radius 3 is 2.37 bits per heavy atom. The lowest BCUT2D eigenvalue weighted by molar-refractivity contribution is -0.109. The Bertz CT molecular complexity index is 435. The van der Waals surface area contributed by atoms with Gasteiger partial charge in [-0.3, -0.25) is 9.80 Å². The minimum Gasteiger partial charge on any atom is -0.397 e. The average molecular weight is 266 g/mol. The third-order valence-corrected chi connectivity index (χ3v) is 3.43. The summed E-state index contributed by atoms with van der Waals surface area (Å²) in [5, 5.41) is 0. The van der Waals surface area contributed by atoms with E-state index in [1.165, 1.54) is 6.07 Å². The molecule has 104 valence electrons. The number of piperazine rings is 1. The fraction of sp³-hybridized carbons (Fsp3) is 0.462. The molecule has 1 aliphatic heterocycles. The summed E-state index contributed by atoms with van der Waals surface area (Å²) in [5.74, 6) is -0.463. The summed E-state index contributed by atoms with van der Waals surface area (Å²) in [6.45, 7) is 4.56. The van der Waals surface area contributed by atoms with E-state index in [-0.39, 0.29) is 11.4 Å². The number of hydrogen-bond donors (Lipinski definition) is 2. The number of nitrogens with two attached hydrogens (primary N) is 2. The first-order valence-corrected chi connectivity index (χ1v) is 6.32. The van der Waals surface area contributed by atoms with Crippen LogP contribution in [-0.2, 0) is 11.3 Å². The van der Waals surface area contributed by atoms with Gasteiger partial charge in [0.25, 0.3) is 0 Å². The molecule has 0 radical (unpaired) electrons. The number of carbonyl (C=O) groups excluding carboxylic acids is 1. The maximum Gasteiger partial charge on any atom is 0.148 e. The Balaban J connectivity index is 1.94. The van der Waals surface area contributed by atoms with Gasteiger partial charge >= 0.3 is 0 Å². The lowest BCUT2D eigenvalue weighted by Gasteiger charge is -2.33. The third-order valence-electron chi connectivity index (χ3n) is 3.43. The van der Waals surface area contributed by atoms with Gasteiger partial charge in [-0.15, -0.1) is 0 Å². The summed E-state index contributed by atoms with van der Waals surface area (Å²) >= 11 is 0. The van der Waals surface area contributed by atoms with E-state index in [4.69, 9.17) is 11.5 Å². The molecule has 6 heteroatoms. The Morgan fingerprint density at radius 1 is 1.16 bits per heavy atom. The first kappa shape index (κ1) is 13.8. The number of aldehydes is 1. The van der Waals surface area contributed by atoms with Crippen molar-refractivity contribution in [1.82, 2.24) is 9.80 Å². The molecule has 0 aliphatic carbocycles. The minimum atomic E-state index is -0.463. The van der Waals surface area contributed by atoms with E-state index >= 15 is 0 Å². The van der Waals surface area contributed by atoms with Crippen molar-refractivity contribution in [2.75, 3.05) is 44.2 Å². The quantitative estimate of drug-likeness (QED) is 0.606. The summed E-state index contributed by atoms with van der Waals surface area (Å²) in [6.07, 6.45) is 0.922. The Morgan fingerprint density at radius 2 is 1.79 bits per heavy atom. The van der Waals surface area contributed by atoms with Gasteiger partial charge in [0.2, 0.25) is 0 Å². The number of carbonyl (C=O) groups is 1. The second-order valence-corrected chi connectivity index (χ2v) is 4.82.